The van der Waals surface area contributed by atoms with Crippen LogP contribution in [0.15, 0.2) is 146 Å². The van der Waals surface area contributed by atoms with Gasteiger partial charge in [-0.1, -0.05) is 250 Å². The molecule has 0 saturated heterocycles. The third kappa shape index (κ3) is 56.1. The van der Waals surface area contributed by atoms with E-state index in [0.29, 0.717) is 19.3 Å². The van der Waals surface area contributed by atoms with Crippen LogP contribution in [0.5, 0.6) is 0 Å². The standard InChI is InChI=1S/C65H102O6/c1-4-7-10-13-16-19-22-25-27-28-29-30-31-32-33-34-35-36-38-40-43-46-49-52-55-58-64(67)70-61-62(60-69-63(66)57-54-51-48-45-42-39-24-21-18-15-12-9-6-3)71-65(68)59-56-53-50-47-44-41-37-26-23-20-17-14-11-8-5-2/h7-8,10-11,16-17,19-20,25-27,29-30,32-33,35-37,40,43-44,47,53,56,62H,4-6,9,12-15,18,21-24,28,31,34,38-39,41-42,45-46,48-52,54-55,57-61H2,1-3H3/b10-7-,11-8-,19-16-,20-17-,27-25-,30-29-,33-32-,36-35-,37-26-,43-40-,47-44-,56-53-. The monoisotopic (exact) mass is 979 g/mol. The number of rotatable bonds is 49. The Morgan fingerprint density at radius 1 is 0.310 bits per heavy atom. The van der Waals surface area contributed by atoms with Gasteiger partial charge >= 0.3 is 17.9 Å². The molecule has 0 radical (unpaired) electrons. The first-order valence-electron chi connectivity index (χ1n) is 28.3. The molecule has 0 aromatic heterocycles. The van der Waals surface area contributed by atoms with Crippen molar-refractivity contribution in [3.63, 3.8) is 0 Å². The number of ether oxygens (including phenoxy) is 3. The normalized spacial score (nSPS) is 13.2. The van der Waals surface area contributed by atoms with Crippen molar-refractivity contribution in [3.05, 3.63) is 146 Å². The molecule has 398 valence electrons. The fourth-order valence-electron chi connectivity index (χ4n) is 7.20. The van der Waals surface area contributed by atoms with Crippen molar-refractivity contribution in [2.75, 3.05) is 13.2 Å². The zero-order valence-electron chi connectivity index (χ0n) is 45.4. The molecule has 6 heteroatoms. The summed E-state index contributed by atoms with van der Waals surface area (Å²) in [5.74, 6) is -1.10. The summed E-state index contributed by atoms with van der Waals surface area (Å²) < 4.78 is 16.7. The topological polar surface area (TPSA) is 78.9 Å². The molecule has 0 fully saturated rings. The average molecular weight is 980 g/mol. The van der Waals surface area contributed by atoms with Crippen LogP contribution in [0.25, 0.3) is 0 Å². The van der Waals surface area contributed by atoms with E-state index in [-0.39, 0.29) is 31.6 Å². The molecule has 0 saturated carbocycles. The van der Waals surface area contributed by atoms with Crippen molar-refractivity contribution in [3.8, 4) is 0 Å². The molecule has 0 aliphatic heterocycles. The number of esters is 3. The zero-order chi connectivity index (χ0) is 51.4. The lowest BCUT2D eigenvalue weighted by Crippen LogP contribution is -2.30. The molecule has 0 heterocycles. The summed E-state index contributed by atoms with van der Waals surface area (Å²) in [5, 5.41) is 0. The molecular formula is C65H102O6. The SMILES string of the molecule is CC/C=C\C/C=C\C/C=C\C/C=C\C/C=C\C/C=C\C/C=C\CCCCCC(=O)OCC(COC(=O)CCCCCCCCCCCCCCC)OC(=O)C/C=C\C/C=C\C/C=C\C/C=C\C/C=C\CC. The lowest BCUT2D eigenvalue weighted by atomic mass is 10.0. The summed E-state index contributed by atoms with van der Waals surface area (Å²) in [6.07, 6.45) is 82.9. The van der Waals surface area contributed by atoms with E-state index in [4.69, 9.17) is 14.2 Å². The van der Waals surface area contributed by atoms with Gasteiger partial charge in [0.1, 0.15) is 13.2 Å². The van der Waals surface area contributed by atoms with Gasteiger partial charge in [-0.25, -0.2) is 0 Å². The molecule has 0 bridgehead atoms. The molecule has 0 spiro atoms. The highest BCUT2D eigenvalue weighted by Gasteiger charge is 2.19. The first-order chi connectivity index (χ1) is 35.0. The zero-order valence-corrected chi connectivity index (χ0v) is 45.4. The van der Waals surface area contributed by atoms with E-state index in [2.05, 4.69) is 154 Å². The number of hydrogen-bond acceptors (Lipinski definition) is 6. The molecule has 0 amide bonds. The van der Waals surface area contributed by atoms with Gasteiger partial charge in [-0.2, -0.15) is 0 Å². The number of allylic oxidation sites excluding steroid dienone is 23. The van der Waals surface area contributed by atoms with Gasteiger partial charge in [0, 0.05) is 12.8 Å². The molecule has 1 unspecified atom stereocenters. The van der Waals surface area contributed by atoms with E-state index in [9.17, 15) is 14.4 Å². The van der Waals surface area contributed by atoms with Crippen LogP contribution in [0.2, 0.25) is 0 Å². The maximum absolute atomic E-state index is 12.8. The van der Waals surface area contributed by atoms with Crippen molar-refractivity contribution in [1.82, 2.24) is 0 Å². The van der Waals surface area contributed by atoms with E-state index in [1.807, 2.05) is 6.08 Å². The Balaban J connectivity index is 4.52. The minimum atomic E-state index is -0.851. The highest BCUT2D eigenvalue weighted by molar-refractivity contribution is 5.72. The second-order valence-electron chi connectivity index (χ2n) is 18.1. The van der Waals surface area contributed by atoms with Crippen LogP contribution < -0.4 is 0 Å². The van der Waals surface area contributed by atoms with Gasteiger partial charge in [0.15, 0.2) is 6.10 Å². The van der Waals surface area contributed by atoms with Crippen molar-refractivity contribution < 1.29 is 28.6 Å². The Hall–Kier alpha value is -4.71. The number of carbonyl (C=O) groups excluding carboxylic acids is 3. The van der Waals surface area contributed by atoms with Crippen molar-refractivity contribution in [2.24, 2.45) is 0 Å². The minimum Gasteiger partial charge on any atom is -0.462 e. The highest BCUT2D eigenvalue weighted by atomic mass is 16.6. The minimum absolute atomic E-state index is 0.0840. The van der Waals surface area contributed by atoms with E-state index in [1.54, 1.807) is 6.08 Å². The van der Waals surface area contributed by atoms with Gasteiger partial charge in [-0.3, -0.25) is 14.4 Å². The van der Waals surface area contributed by atoms with Crippen molar-refractivity contribution >= 4 is 17.9 Å². The van der Waals surface area contributed by atoms with Crippen LogP contribution in [0.4, 0.5) is 0 Å². The Bertz CT molecular complexity index is 1590. The number of carbonyl (C=O) groups is 3. The third-order valence-corrected chi connectivity index (χ3v) is 11.4. The molecule has 0 aromatic rings. The predicted molar refractivity (Wildman–Crippen MR) is 306 cm³/mol. The molecule has 71 heavy (non-hydrogen) atoms. The number of hydrogen-bond donors (Lipinski definition) is 0. The van der Waals surface area contributed by atoms with Crippen LogP contribution in [0.3, 0.4) is 0 Å². The molecular weight excluding hydrogens is 877 g/mol. The quantitative estimate of drug-likeness (QED) is 0.0262. The first kappa shape index (κ1) is 66.3. The second kappa shape index (κ2) is 57.9. The molecule has 0 rings (SSSR count). The summed E-state index contributed by atoms with van der Waals surface area (Å²) in [6.45, 7) is 6.28. The van der Waals surface area contributed by atoms with Crippen LogP contribution in [0, 0.1) is 0 Å². The van der Waals surface area contributed by atoms with Crippen molar-refractivity contribution in [2.45, 2.75) is 232 Å². The molecule has 6 nitrogen and oxygen atoms in total. The van der Waals surface area contributed by atoms with Crippen LogP contribution in [-0.2, 0) is 28.6 Å². The molecule has 0 aliphatic carbocycles. The fraction of sp³-hybridized carbons (Fsp3) is 0.585. The summed E-state index contributed by atoms with van der Waals surface area (Å²) >= 11 is 0. The largest absolute Gasteiger partial charge is 0.462 e. The fourth-order valence-corrected chi connectivity index (χ4v) is 7.20. The maximum Gasteiger partial charge on any atom is 0.310 e. The van der Waals surface area contributed by atoms with Gasteiger partial charge in [-0.15, -0.1) is 0 Å². The number of unbranched alkanes of at least 4 members (excludes halogenated alkanes) is 15. The summed E-state index contributed by atoms with van der Waals surface area (Å²) in [7, 11) is 0. The molecule has 1 atom stereocenters. The van der Waals surface area contributed by atoms with Gasteiger partial charge in [0.25, 0.3) is 0 Å². The van der Waals surface area contributed by atoms with Crippen LogP contribution >= 0.6 is 0 Å². The molecule has 0 aliphatic rings. The predicted octanol–water partition coefficient (Wildman–Crippen LogP) is 19.2. The highest BCUT2D eigenvalue weighted by Crippen LogP contribution is 2.14. The maximum atomic E-state index is 12.8. The molecule has 0 aromatic carbocycles. The Labute approximate surface area is 436 Å². The third-order valence-electron chi connectivity index (χ3n) is 11.4. The van der Waals surface area contributed by atoms with E-state index < -0.39 is 12.1 Å². The average Bonchev–Trinajstić information content (AvgIpc) is 3.37. The summed E-state index contributed by atoms with van der Waals surface area (Å²) in [5.41, 5.74) is 0. The smallest absolute Gasteiger partial charge is 0.310 e. The first-order valence-corrected chi connectivity index (χ1v) is 28.3. The Morgan fingerprint density at radius 2 is 0.592 bits per heavy atom. The van der Waals surface area contributed by atoms with Gasteiger partial charge < -0.3 is 14.2 Å². The van der Waals surface area contributed by atoms with Gasteiger partial charge in [-0.05, 0) is 103 Å². The van der Waals surface area contributed by atoms with Gasteiger partial charge in [0.05, 0.1) is 6.42 Å². The van der Waals surface area contributed by atoms with E-state index in [1.165, 1.54) is 64.2 Å². The van der Waals surface area contributed by atoms with E-state index in [0.717, 1.165) is 116 Å². The van der Waals surface area contributed by atoms with Crippen LogP contribution in [-0.4, -0.2) is 37.2 Å². The summed E-state index contributed by atoms with van der Waals surface area (Å²) in [6, 6.07) is 0. The molecule has 0 N–H and O–H groups in total. The Morgan fingerprint density at radius 3 is 0.930 bits per heavy atom. The lowest BCUT2D eigenvalue weighted by molar-refractivity contribution is -0.166. The Kier molecular flexibility index (Phi) is 54.0. The van der Waals surface area contributed by atoms with E-state index >= 15 is 0 Å². The van der Waals surface area contributed by atoms with Crippen molar-refractivity contribution in [1.29, 1.82) is 0 Å². The second-order valence-corrected chi connectivity index (χ2v) is 18.1. The van der Waals surface area contributed by atoms with Gasteiger partial charge in [0.2, 0.25) is 0 Å². The summed E-state index contributed by atoms with van der Waals surface area (Å²) in [4.78, 5) is 38.0. The lowest BCUT2D eigenvalue weighted by Gasteiger charge is -2.18. The van der Waals surface area contributed by atoms with Crippen LogP contribution in [0.1, 0.15) is 226 Å².